The minimum absolute atomic E-state index is 0.123. The topological polar surface area (TPSA) is 81.9 Å². The number of nitrogen functional groups attached to an aromatic ring is 1. The summed E-state index contributed by atoms with van der Waals surface area (Å²) in [4.78, 5) is 30.9. The third-order valence-electron chi connectivity index (χ3n) is 6.64. The first-order chi connectivity index (χ1) is 16.0. The summed E-state index contributed by atoms with van der Waals surface area (Å²) < 4.78 is 0. The molecule has 0 aliphatic carbocycles. The normalized spacial score (nSPS) is 16.8. The monoisotopic (exact) mass is 449 g/mol. The standard InChI is InChI=1S/C26H35N5O2/c1-20-7-2-3-8-23(20)29-15-6-16-30(18-17-29)24-11-10-21(19-22(24)27)26(33)28-12-5-14-31-13-4-9-25(31)32/h2-3,7-8,10-11,19H,4-6,9,12-18,27H2,1H3,(H,28,33). The highest BCUT2D eigenvalue weighted by atomic mass is 16.2. The van der Waals surface area contributed by atoms with Crippen molar-refractivity contribution < 1.29 is 9.59 Å². The van der Waals surface area contributed by atoms with Gasteiger partial charge in [0.1, 0.15) is 0 Å². The van der Waals surface area contributed by atoms with Crippen LogP contribution in [0.2, 0.25) is 0 Å². The largest absolute Gasteiger partial charge is 0.397 e. The van der Waals surface area contributed by atoms with E-state index in [-0.39, 0.29) is 11.8 Å². The maximum absolute atomic E-state index is 12.6. The number of aryl methyl sites for hydroxylation is 1. The number of amides is 2. The molecule has 176 valence electrons. The van der Waals surface area contributed by atoms with Gasteiger partial charge in [-0.1, -0.05) is 18.2 Å². The summed E-state index contributed by atoms with van der Waals surface area (Å²) in [7, 11) is 0. The zero-order chi connectivity index (χ0) is 23.2. The van der Waals surface area contributed by atoms with E-state index < -0.39 is 0 Å². The van der Waals surface area contributed by atoms with Gasteiger partial charge in [0.05, 0.1) is 11.4 Å². The first-order valence-corrected chi connectivity index (χ1v) is 12.0. The van der Waals surface area contributed by atoms with E-state index >= 15 is 0 Å². The molecule has 2 aromatic carbocycles. The summed E-state index contributed by atoms with van der Waals surface area (Å²) in [5.41, 5.74) is 11.2. The second-order valence-electron chi connectivity index (χ2n) is 8.98. The van der Waals surface area contributed by atoms with E-state index in [1.165, 1.54) is 11.3 Å². The van der Waals surface area contributed by atoms with E-state index in [1.54, 1.807) is 6.07 Å². The number of likely N-dealkylation sites (tertiary alicyclic amines) is 1. The highest BCUT2D eigenvalue weighted by molar-refractivity contribution is 5.96. The van der Waals surface area contributed by atoms with Crippen molar-refractivity contribution >= 4 is 28.9 Å². The first-order valence-electron chi connectivity index (χ1n) is 12.0. The summed E-state index contributed by atoms with van der Waals surface area (Å²) in [6.07, 6.45) is 3.41. The van der Waals surface area contributed by atoms with Crippen molar-refractivity contribution in [3.63, 3.8) is 0 Å². The van der Waals surface area contributed by atoms with Crippen molar-refractivity contribution in [2.45, 2.75) is 32.6 Å². The fraction of sp³-hybridized carbons (Fsp3) is 0.462. The Hall–Kier alpha value is -3.22. The number of anilines is 3. The van der Waals surface area contributed by atoms with E-state index in [0.717, 1.165) is 57.7 Å². The molecule has 7 heteroatoms. The Morgan fingerprint density at radius 1 is 0.970 bits per heavy atom. The van der Waals surface area contributed by atoms with Crippen molar-refractivity contribution in [1.29, 1.82) is 0 Å². The molecule has 3 N–H and O–H groups in total. The van der Waals surface area contributed by atoms with Gasteiger partial charge in [-0.25, -0.2) is 0 Å². The molecule has 0 radical (unpaired) electrons. The predicted octanol–water partition coefficient (Wildman–Crippen LogP) is 3.04. The van der Waals surface area contributed by atoms with Crippen molar-refractivity contribution in [3.05, 3.63) is 53.6 Å². The van der Waals surface area contributed by atoms with Crippen LogP contribution in [0.3, 0.4) is 0 Å². The number of carbonyl (C=O) groups is 2. The number of rotatable bonds is 7. The second kappa shape index (κ2) is 10.6. The third-order valence-corrected chi connectivity index (χ3v) is 6.64. The molecule has 2 saturated heterocycles. The fourth-order valence-electron chi connectivity index (χ4n) is 4.82. The van der Waals surface area contributed by atoms with Crippen molar-refractivity contribution in [2.24, 2.45) is 0 Å². The van der Waals surface area contributed by atoms with Crippen LogP contribution >= 0.6 is 0 Å². The molecule has 4 rings (SSSR count). The molecule has 2 heterocycles. The lowest BCUT2D eigenvalue weighted by atomic mass is 10.1. The van der Waals surface area contributed by atoms with Gasteiger partial charge >= 0.3 is 0 Å². The third kappa shape index (κ3) is 5.59. The molecule has 0 atom stereocenters. The van der Waals surface area contributed by atoms with Crippen LogP contribution in [0.1, 0.15) is 41.6 Å². The minimum Gasteiger partial charge on any atom is -0.397 e. The van der Waals surface area contributed by atoms with Crippen LogP contribution in [0.15, 0.2) is 42.5 Å². The van der Waals surface area contributed by atoms with Crippen LogP contribution in [0.4, 0.5) is 17.1 Å². The van der Waals surface area contributed by atoms with E-state index in [1.807, 2.05) is 17.0 Å². The van der Waals surface area contributed by atoms with Gasteiger partial charge in [-0.05, 0) is 56.0 Å². The van der Waals surface area contributed by atoms with E-state index in [4.69, 9.17) is 5.73 Å². The van der Waals surface area contributed by atoms with Crippen LogP contribution in [0.5, 0.6) is 0 Å². The zero-order valence-electron chi connectivity index (χ0n) is 19.6. The molecule has 2 aromatic rings. The van der Waals surface area contributed by atoms with Gasteiger partial charge in [-0.15, -0.1) is 0 Å². The molecule has 0 unspecified atom stereocenters. The molecule has 0 aromatic heterocycles. The van der Waals surface area contributed by atoms with Crippen LogP contribution in [-0.4, -0.2) is 62.5 Å². The molecular formula is C26H35N5O2. The van der Waals surface area contributed by atoms with Crippen LogP contribution in [0.25, 0.3) is 0 Å². The predicted molar refractivity (Wildman–Crippen MR) is 134 cm³/mol. The maximum atomic E-state index is 12.6. The van der Waals surface area contributed by atoms with Gasteiger partial charge in [0.2, 0.25) is 5.91 Å². The molecule has 2 aliphatic heterocycles. The molecule has 2 amide bonds. The molecule has 7 nitrogen and oxygen atoms in total. The number of carbonyl (C=O) groups excluding carboxylic acids is 2. The first kappa shape index (κ1) is 23.0. The highest BCUT2D eigenvalue weighted by Gasteiger charge is 2.20. The lowest BCUT2D eigenvalue weighted by molar-refractivity contribution is -0.127. The number of nitrogens with one attached hydrogen (secondary N) is 1. The number of para-hydroxylation sites is 1. The summed E-state index contributed by atoms with van der Waals surface area (Å²) >= 11 is 0. The smallest absolute Gasteiger partial charge is 0.251 e. The summed E-state index contributed by atoms with van der Waals surface area (Å²) in [5, 5.41) is 2.95. The summed E-state index contributed by atoms with van der Waals surface area (Å²) in [5.74, 6) is 0.0998. The molecule has 33 heavy (non-hydrogen) atoms. The van der Waals surface area contributed by atoms with Gasteiger partial charge in [0.15, 0.2) is 0 Å². The Kier molecular flexibility index (Phi) is 7.37. The van der Waals surface area contributed by atoms with Crippen molar-refractivity contribution in [2.75, 3.05) is 61.3 Å². The molecule has 0 spiro atoms. The van der Waals surface area contributed by atoms with Gasteiger partial charge in [-0.3, -0.25) is 9.59 Å². The number of hydrogen-bond donors (Lipinski definition) is 2. The molecule has 0 saturated carbocycles. The van der Waals surface area contributed by atoms with E-state index in [0.29, 0.717) is 30.8 Å². The van der Waals surface area contributed by atoms with E-state index in [2.05, 4.69) is 46.3 Å². The van der Waals surface area contributed by atoms with Crippen LogP contribution in [-0.2, 0) is 4.79 Å². The Morgan fingerprint density at radius 3 is 2.42 bits per heavy atom. The maximum Gasteiger partial charge on any atom is 0.251 e. The minimum atomic E-state index is -0.123. The molecule has 0 bridgehead atoms. The number of hydrogen-bond acceptors (Lipinski definition) is 5. The fourth-order valence-corrected chi connectivity index (χ4v) is 4.82. The SMILES string of the molecule is Cc1ccccc1N1CCCN(c2ccc(C(=O)NCCCN3CCCC3=O)cc2N)CC1. The Morgan fingerprint density at radius 2 is 1.73 bits per heavy atom. The van der Waals surface area contributed by atoms with Crippen molar-refractivity contribution in [1.82, 2.24) is 10.2 Å². The van der Waals surface area contributed by atoms with Gasteiger partial charge < -0.3 is 25.8 Å². The van der Waals surface area contributed by atoms with Crippen LogP contribution in [0, 0.1) is 6.92 Å². The summed E-state index contributed by atoms with van der Waals surface area (Å²) in [6, 6.07) is 14.1. The summed E-state index contributed by atoms with van der Waals surface area (Å²) in [6.45, 7) is 8.03. The average Bonchev–Trinajstić information content (AvgIpc) is 3.07. The second-order valence-corrected chi connectivity index (χ2v) is 8.98. The highest BCUT2D eigenvalue weighted by Crippen LogP contribution is 2.27. The van der Waals surface area contributed by atoms with Gasteiger partial charge in [-0.2, -0.15) is 0 Å². The van der Waals surface area contributed by atoms with Gasteiger partial charge in [0.25, 0.3) is 5.91 Å². The zero-order valence-corrected chi connectivity index (χ0v) is 19.6. The quantitative estimate of drug-likeness (QED) is 0.502. The lowest BCUT2D eigenvalue weighted by Crippen LogP contribution is -2.32. The Bertz CT molecular complexity index is 992. The van der Waals surface area contributed by atoms with E-state index in [9.17, 15) is 9.59 Å². The molecular weight excluding hydrogens is 414 g/mol. The Labute approximate surface area is 196 Å². The molecule has 2 aliphatic rings. The average molecular weight is 450 g/mol. The van der Waals surface area contributed by atoms with Crippen LogP contribution < -0.4 is 20.9 Å². The lowest BCUT2D eigenvalue weighted by Gasteiger charge is -2.26. The molecule has 2 fully saturated rings. The number of benzene rings is 2. The Balaban J connectivity index is 1.31. The van der Waals surface area contributed by atoms with Gasteiger partial charge in [0, 0.05) is 63.5 Å². The number of nitrogens with two attached hydrogens (primary N) is 1. The number of nitrogens with zero attached hydrogens (tertiary/aromatic N) is 3. The van der Waals surface area contributed by atoms with Crippen molar-refractivity contribution in [3.8, 4) is 0 Å².